The van der Waals surface area contributed by atoms with E-state index in [1.807, 2.05) is 24.3 Å². The van der Waals surface area contributed by atoms with Gasteiger partial charge in [0.1, 0.15) is 5.69 Å². The van der Waals surface area contributed by atoms with Crippen molar-refractivity contribution in [2.75, 3.05) is 0 Å². The minimum Gasteiger partial charge on any atom is -0.253 e. The Morgan fingerprint density at radius 1 is 1.13 bits per heavy atom. The highest BCUT2D eigenvalue weighted by Crippen LogP contribution is 2.26. The summed E-state index contributed by atoms with van der Waals surface area (Å²) in [5, 5.41) is 10.8. The van der Waals surface area contributed by atoms with Crippen molar-refractivity contribution in [3.8, 4) is 10.7 Å². The molecule has 0 aliphatic heterocycles. The molecule has 15 heavy (non-hydrogen) atoms. The molecule has 0 N–H and O–H groups in total. The molecule has 4 heteroatoms. The third-order valence-electron chi connectivity index (χ3n) is 2.20. The highest BCUT2D eigenvalue weighted by atomic mass is 32.1. The molecule has 3 rings (SSSR count). The molecule has 0 aliphatic rings. The van der Waals surface area contributed by atoms with Crippen LogP contribution in [0.4, 0.5) is 0 Å². The molecular formula is C11H6N3S. The summed E-state index contributed by atoms with van der Waals surface area (Å²) in [5.74, 6) is 0. The summed E-state index contributed by atoms with van der Waals surface area (Å²) in [6.45, 7) is 0. The Morgan fingerprint density at radius 2 is 2.07 bits per heavy atom. The van der Waals surface area contributed by atoms with E-state index in [9.17, 15) is 0 Å². The van der Waals surface area contributed by atoms with Crippen LogP contribution in [0.3, 0.4) is 0 Å². The Bertz CT molecular complexity index is 584. The number of pyridine rings is 1. The van der Waals surface area contributed by atoms with Gasteiger partial charge in [0.2, 0.25) is 0 Å². The van der Waals surface area contributed by atoms with Crippen LogP contribution in [0.2, 0.25) is 0 Å². The van der Waals surface area contributed by atoms with Crippen LogP contribution in [-0.4, -0.2) is 15.2 Å². The van der Waals surface area contributed by atoms with Crippen LogP contribution >= 0.6 is 11.3 Å². The van der Waals surface area contributed by atoms with E-state index in [2.05, 4.69) is 26.8 Å². The summed E-state index contributed by atoms with van der Waals surface area (Å²) in [5.41, 5.74) is 3.61. The first-order chi connectivity index (χ1) is 7.45. The molecule has 2 aromatic heterocycles. The minimum atomic E-state index is 0.812. The highest BCUT2D eigenvalue weighted by molar-refractivity contribution is 7.12. The lowest BCUT2D eigenvalue weighted by atomic mass is 10.1. The average molecular weight is 212 g/mol. The van der Waals surface area contributed by atoms with Gasteiger partial charge in [-0.15, -0.1) is 10.2 Å². The van der Waals surface area contributed by atoms with Crippen molar-refractivity contribution in [3.63, 3.8) is 0 Å². The lowest BCUT2D eigenvalue weighted by Gasteiger charge is -2.00. The van der Waals surface area contributed by atoms with Crippen LogP contribution in [0, 0.1) is 5.51 Å². The molecule has 2 heterocycles. The Labute approximate surface area is 90.4 Å². The molecule has 0 spiro atoms. The molecule has 0 unspecified atom stereocenters. The second kappa shape index (κ2) is 3.40. The number of benzene rings is 1. The van der Waals surface area contributed by atoms with Gasteiger partial charge in [0, 0.05) is 11.6 Å². The van der Waals surface area contributed by atoms with E-state index in [0.29, 0.717) is 0 Å². The quantitative estimate of drug-likeness (QED) is 0.622. The summed E-state index contributed by atoms with van der Waals surface area (Å²) in [6.07, 6.45) is 1.79. The zero-order valence-electron chi connectivity index (χ0n) is 7.71. The van der Waals surface area contributed by atoms with E-state index in [1.54, 1.807) is 6.20 Å². The highest BCUT2D eigenvalue weighted by Gasteiger charge is 2.07. The SMILES string of the molecule is [c]1nnc(-c2nccc3ccccc23)s1. The number of hydrogen-bond donors (Lipinski definition) is 0. The van der Waals surface area contributed by atoms with E-state index in [1.165, 1.54) is 11.3 Å². The van der Waals surface area contributed by atoms with Crippen molar-refractivity contribution < 1.29 is 0 Å². The zero-order valence-corrected chi connectivity index (χ0v) is 8.53. The first-order valence-electron chi connectivity index (χ1n) is 4.49. The molecule has 0 bridgehead atoms. The number of rotatable bonds is 1. The Balaban J connectivity index is 2.36. The monoisotopic (exact) mass is 212 g/mol. The predicted molar refractivity (Wildman–Crippen MR) is 59.5 cm³/mol. The van der Waals surface area contributed by atoms with Crippen LogP contribution < -0.4 is 0 Å². The van der Waals surface area contributed by atoms with Gasteiger partial charge < -0.3 is 0 Å². The molecule has 0 atom stereocenters. The van der Waals surface area contributed by atoms with E-state index in [-0.39, 0.29) is 0 Å². The number of hydrogen-bond acceptors (Lipinski definition) is 4. The van der Waals surface area contributed by atoms with Crippen LogP contribution in [-0.2, 0) is 0 Å². The fraction of sp³-hybridized carbons (Fsp3) is 0. The van der Waals surface area contributed by atoms with Crippen LogP contribution in [0.25, 0.3) is 21.5 Å². The second-order valence-electron chi connectivity index (χ2n) is 3.08. The topological polar surface area (TPSA) is 38.7 Å². The number of nitrogens with zero attached hydrogens (tertiary/aromatic N) is 3. The lowest BCUT2D eigenvalue weighted by molar-refractivity contribution is 1.08. The third-order valence-corrected chi connectivity index (χ3v) is 2.84. The molecule has 71 valence electrons. The van der Waals surface area contributed by atoms with Crippen LogP contribution in [0.15, 0.2) is 36.5 Å². The second-order valence-corrected chi connectivity index (χ2v) is 3.85. The Kier molecular flexibility index (Phi) is 1.93. The van der Waals surface area contributed by atoms with Gasteiger partial charge >= 0.3 is 0 Å². The van der Waals surface area contributed by atoms with Crippen LogP contribution in [0.1, 0.15) is 0 Å². The molecule has 1 aromatic carbocycles. The van der Waals surface area contributed by atoms with E-state index < -0.39 is 0 Å². The molecule has 0 saturated heterocycles. The molecule has 3 nitrogen and oxygen atoms in total. The summed E-state index contributed by atoms with van der Waals surface area (Å²) in [6, 6.07) is 10.1. The van der Waals surface area contributed by atoms with Gasteiger partial charge in [0.15, 0.2) is 10.5 Å². The van der Waals surface area contributed by atoms with Gasteiger partial charge in [-0.3, -0.25) is 4.98 Å². The summed E-state index contributed by atoms with van der Waals surface area (Å²) < 4.78 is 0. The largest absolute Gasteiger partial charge is 0.253 e. The van der Waals surface area contributed by atoms with Gasteiger partial charge in [0.05, 0.1) is 0 Å². The molecule has 3 aromatic rings. The van der Waals surface area contributed by atoms with Crippen LogP contribution in [0.5, 0.6) is 0 Å². The lowest BCUT2D eigenvalue weighted by Crippen LogP contribution is -1.84. The van der Waals surface area contributed by atoms with Gasteiger partial charge in [0.25, 0.3) is 0 Å². The number of aromatic nitrogens is 3. The molecule has 0 saturated carbocycles. The standard InChI is InChI=1S/C11H6N3S/c1-2-4-9-8(3-1)5-6-12-10(9)11-14-13-7-15-11/h1-6H. The van der Waals surface area contributed by atoms with Crippen molar-refractivity contribution in [2.45, 2.75) is 0 Å². The molecule has 0 aliphatic carbocycles. The Morgan fingerprint density at radius 3 is 2.93 bits per heavy atom. The number of fused-ring (bicyclic) bond motifs is 1. The fourth-order valence-corrected chi connectivity index (χ4v) is 2.04. The fourth-order valence-electron chi connectivity index (χ4n) is 1.54. The Hall–Kier alpha value is -1.81. The van der Waals surface area contributed by atoms with Crippen molar-refractivity contribution >= 4 is 22.1 Å². The molecular weight excluding hydrogens is 206 g/mol. The maximum atomic E-state index is 4.34. The van der Waals surface area contributed by atoms with Gasteiger partial charge in [-0.2, -0.15) is 0 Å². The van der Waals surface area contributed by atoms with Gasteiger partial charge in [-0.05, 0) is 11.5 Å². The smallest absolute Gasteiger partial charge is 0.178 e. The first kappa shape index (κ1) is 8.49. The van der Waals surface area contributed by atoms with Crippen molar-refractivity contribution in [1.29, 1.82) is 0 Å². The minimum absolute atomic E-state index is 0.812. The maximum absolute atomic E-state index is 4.34. The zero-order chi connectivity index (χ0) is 10.1. The van der Waals surface area contributed by atoms with E-state index >= 15 is 0 Å². The van der Waals surface area contributed by atoms with Crippen molar-refractivity contribution in [2.24, 2.45) is 0 Å². The first-order valence-corrected chi connectivity index (χ1v) is 5.30. The summed E-state index contributed by atoms with van der Waals surface area (Å²) in [7, 11) is 0. The van der Waals surface area contributed by atoms with Crippen molar-refractivity contribution in [3.05, 3.63) is 42.0 Å². The predicted octanol–water partition coefficient (Wildman–Crippen LogP) is 2.55. The van der Waals surface area contributed by atoms with Crippen molar-refractivity contribution in [1.82, 2.24) is 15.2 Å². The average Bonchev–Trinajstić information content (AvgIpc) is 2.82. The molecule has 0 fully saturated rings. The van der Waals surface area contributed by atoms with E-state index in [4.69, 9.17) is 0 Å². The van der Waals surface area contributed by atoms with Gasteiger partial charge in [-0.25, -0.2) is 0 Å². The third kappa shape index (κ3) is 1.39. The summed E-state index contributed by atoms with van der Waals surface area (Å²) >= 11 is 1.38. The van der Waals surface area contributed by atoms with E-state index in [0.717, 1.165) is 21.5 Å². The molecule has 1 radical (unpaired) electrons. The molecule has 0 amide bonds. The summed E-state index contributed by atoms with van der Waals surface area (Å²) in [4.78, 5) is 4.34. The normalized spacial score (nSPS) is 10.7. The van der Waals surface area contributed by atoms with Gasteiger partial charge in [-0.1, -0.05) is 35.6 Å². The maximum Gasteiger partial charge on any atom is 0.178 e.